The van der Waals surface area contributed by atoms with Crippen LogP contribution in [-0.4, -0.2) is 4.98 Å². The summed E-state index contributed by atoms with van der Waals surface area (Å²) in [5.74, 6) is 0.751. The van der Waals surface area contributed by atoms with Crippen molar-refractivity contribution in [3.8, 4) is 16.9 Å². The Morgan fingerprint density at radius 3 is 2.46 bits per heavy atom. The van der Waals surface area contributed by atoms with Gasteiger partial charge in [-0.15, -0.1) is 0 Å². The van der Waals surface area contributed by atoms with E-state index in [-0.39, 0.29) is 0 Å². The topological polar surface area (TPSA) is 48.1 Å². The summed E-state index contributed by atoms with van der Waals surface area (Å²) in [6, 6.07) is 18.7. The molecule has 0 amide bonds. The van der Waals surface area contributed by atoms with E-state index in [0.29, 0.717) is 32.6 Å². The van der Waals surface area contributed by atoms with Gasteiger partial charge in [0.1, 0.15) is 12.4 Å². The minimum Gasteiger partial charge on any atom is -0.489 e. The Hall–Kier alpha value is -2.46. The van der Waals surface area contributed by atoms with Crippen molar-refractivity contribution >= 4 is 51.4 Å². The molecule has 0 bridgehead atoms. The minimum atomic E-state index is 0.443. The molecule has 6 heteroatoms. The van der Waals surface area contributed by atoms with Gasteiger partial charge in [-0.05, 0) is 47.5 Å². The summed E-state index contributed by atoms with van der Waals surface area (Å²) < 4.78 is 5.83. The lowest BCUT2D eigenvalue weighted by Crippen LogP contribution is -1.96. The number of rotatable bonds is 4. The van der Waals surface area contributed by atoms with E-state index in [1.807, 2.05) is 48.5 Å². The van der Waals surface area contributed by atoms with Crippen LogP contribution in [0.1, 0.15) is 5.56 Å². The second kappa shape index (κ2) is 7.88. The van der Waals surface area contributed by atoms with E-state index in [0.717, 1.165) is 28.1 Å². The fraction of sp³-hybridized carbons (Fsp3) is 0.0455. The quantitative estimate of drug-likeness (QED) is 0.354. The van der Waals surface area contributed by atoms with Gasteiger partial charge in [0, 0.05) is 27.9 Å². The second-order valence-electron chi connectivity index (χ2n) is 6.33. The average Bonchev–Trinajstić information content (AvgIpc) is 2.67. The van der Waals surface area contributed by atoms with Crippen LogP contribution in [0, 0.1) is 0 Å². The summed E-state index contributed by atoms with van der Waals surface area (Å²) >= 11 is 19.0. The smallest absolute Gasteiger partial charge is 0.119 e. The molecule has 0 atom stereocenters. The molecule has 0 unspecified atom stereocenters. The van der Waals surface area contributed by atoms with Gasteiger partial charge < -0.3 is 10.5 Å². The molecule has 1 heterocycles. The summed E-state index contributed by atoms with van der Waals surface area (Å²) in [6.07, 6.45) is 1.72. The van der Waals surface area contributed by atoms with E-state index in [1.54, 1.807) is 18.3 Å². The molecule has 0 saturated heterocycles. The average molecular weight is 430 g/mol. The van der Waals surface area contributed by atoms with E-state index in [2.05, 4.69) is 4.98 Å². The molecule has 1 aromatic heterocycles. The van der Waals surface area contributed by atoms with Gasteiger partial charge in [-0.3, -0.25) is 4.98 Å². The molecule has 0 aliphatic rings. The fourth-order valence-corrected chi connectivity index (χ4v) is 3.97. The molecular formula is C22H15Cl3N2O. The number of nitrogens with zero attached hydrogens (tertiary/aromatic N) is 1. The van der Waals surface area contributed by atoms with Crippen molar-refractivity contribution in [2.45, 2.75) is 6.61 Å². The van der Waals surface area contributed by atoms with E-state index in [4.69, 9.17) is 45.3 Å². The Labute approximate surface area is 177 Å². The van der Waals surface area contributed by atoms with Crippen LogP contribution >= 0.6 is 34.8 Å². The number of fused-ring (bicyclic) bond motifs is 1. The molecule has 140 valence electrons. The highest BCUT2D eigenvalue weighted by Crippen LogP contribution is 2.38. The lowest BCUT2D eigenvalue weighted by atomic mass is 10.0. The highest BCUT2D eigenvalue weighted by Gasteiger charge is 2.13. The largest absolute Gasteiger partial charge is 0.489 e. The lowest BCUT2D eigenvalue weighted by molar-refractivity contribution is 0.306. The number of nitrogens with two attached hydrogens (primary N) is 1. The molecule has 3 nitrogen and oxygen atoms in total. The number of anilines is 1. The standard InChI is InChI=1S/C22H15Cl3N2O/c23-15-9-19(24)21-20(10-15)27-11-18(22(21)25)14-4-6-17(7-5-14)28-12-13-2-1-3-16(26)8-13/h1-11H,12,26H2. The van der Waals surface area contributed by atoms with Crippen molar-refractivity contribution in [3.63, 3.8) is 0 Å². The van der Waals surface area contributed by atoms with E-state index < -0.39 is 0 Å². The van der Waals surface area contributed by atoms with Gasteiger partial charge in [-0.1, -0.05) is 59.1 Å². The summed E-state index contributed by atoms with van der Waals surface area (Å²) in [4.78, 5) is 4.45. The first kappa shape index (κ1) is 18.9. The van der Waals surface area contributed by atoms with E-state index in [1.165, 1.54) is 0 Å². The Bertz CT molecular complexity index is 1160. The van der Waals surface area contributed by atoms with Crippen LogP contribution in [0.25, 0.3) is 22.0 Å². The first-order valence-electron chi connectivity index (χ1n) is 8.52. The third-order valence-corrected chi connectivity index (χ3v) is 5.25. The third-order valence-electron chi connectivity index (χ3n) is 4.34. The van der Waals surface area contributed by atoms with Crippen molar-refractivity contribution in [3.05, 3.63) is 87.5 Å². The molecule has 0 saturated carbocycles. The molecule has 0 aliphatic carbocycles. The SMILES string of the molecule is Nc1cccc(COc2ccc(-c3cnc4cc(Cl)cc(Cl)c4c3Cl)cc2)c1. The number of hydrogen-bond donors (Lipinski definition) is 1. The highest BCUT2D eigenvalue weighted by molar-refractivity contribution is 6.44. The maximum Gasteiger partial charge on any atom is 0.119 e. The predicted molar refractivity (Wildman–Crippen MR) is 117 cm³/mol. The van der Waals surface area contributed by atoms with Gasteiger partial charge in [0.2, 0.25) is 0 Å². The molecule has 2 N–H and O–H groups in total. The zero-order valence-electron chi connectivity index (χ0n) is 14.6. The summed E-state index contributed by atoms with van der Waals surface area (Å²) in [6.45, 7) is 0.443. The summed E-state index contributed by atoms with van der Waals surface area (Å²) in [5, 5.41) is 2.23. The molecule has 0 fully saturated rings. The van der Waals surface area contributed by atoms with Crippen molar-refractivity contribution < 1.29 is 4.74 Å². The second-order valence-corrected chi connectivity index (χ2v) is 7.55. The number of hydrogen-bond acceptors (Lipinski definition) is 3. The van der Waals surface area contributed by atoms with Crippen LogP contribution < -0.4 is 10.5 Å². The monoisotopic (exact) mass is 428 g/mol. The molecule has 4 aromatic rings. The van der Waals surface area contributed by atoms with Crippen LogP contribution in [0.5, 0.6) is 5.75 Å². The first-order chi connectivity index (χ1) is 13.5. The number of ether oxygens (including phenoxy) is 1. The fourth-order valence-electron chi connectivity index (χ4n) is 2.99. The van der Waals surface area contributed by atoms with E-state index in [9.17, 15) is 0 Å². The number of pyridine rings is 1. The highest BCUT2D eigenvalue weighted by atomic mass is 35.5. The van der Waals surface area contributed by atoms with Crippen LogP contribution in [-0.2, 0) is 6.61 Å². The molecule has 4 rings (SSSR count). The van der Waals surface area contributed by atoms with Crippen molar-refractivity contribution in [1.82, 2.24) is 4.98 Å². The zero-order chi connectivity index (χ0) is 19.7. The van der Waals surface area contributed by atoms with Gasteiger partial charge in [0.15, 0.2) is 0 Å². The number of benzene rings is 3. The first-order valence-corrected chi connectivity index (χ1v) is 9.65. The van der Waals surface area contributed by atoms with Crippen molar-refractivity contribution in [2.24, 2.45) is 0 Å². The Morgan fingerprint density at radius 2 is 1.71 bits per heavy atom. The van der Waals surface area contributed by atoms with Gasteiger partial charge in [-0.25, -0.2) is 0 Å². The zero-order valence-corrected chi connectivity index (χ0v) is 16.9. The maximum absolute atomic E-state index is 6.62. The number of halogens is 3. The van der Waals surface area contributed by atoms with Gasteiger partial charge >= 0.3 is 0 Å². The van der Waals surface area contributed by atoms with Crippen LogP contribution in [0.2, 0.25) is 15.1 Å². The number of aromatic nitrogens is 1. The molecule has 0 aliphatic heterocycles. The van der Waals surface area contributed by atoms with Crippen LogP contribution in [0.3, 0.4) is 0 Å². The van der Waals surface area contributed by atoms with Crippen LogP contribution in [0.15, 0.2) is 66.9 Å². The Kier molecular flexibility index (Phi) is 5.31. The van der Waals surface area contributed by atoms with Crippen molar-refractivity contribution in [1.29, 1.82) is 0 Å². The summed E-state index contributed by atoms with van der Waals surface area (Å²) in [5.41, 5.74) is 9.90. The van der Waals surface area contributed by atoms with Gasteiger partial charge in [0.25, 0.3) is 0 Å². The molecule has 0 spiro atoms. The van der Waals surface area contributed by atoms with E-state index >= 15 is 0 Å². The lowest BCUT2D eigenvalue weighted by Gasteiger charge is -2.11. The molecule has 3 aromatic carbocycles. The Morgan fingerprint density at radius 1 is 0.929 bits per heavy atom. The molecule has 0 radical (unpaired) electrons. The minimum absolute atomic E-state index is 0.443. The maximum atomic E-state index is 6.62. The molecular weight excluding hydrogens is 415 g/mol. The summed E-state index contributed by atoms with van der Waals surface area (Å²) in [7, 11) is 0. The predicted octanol–water partition coefficient (Wildman–Crippen LogP) is 7.02. The molecule has 28 heavy (non-hydrogen) atoms. The normalized spacial score (nSPS) is 11.0. The third kappa shape index (κ3) is 3.88. The Balaban J connectivity index is 1.59. The van der Waals surface area contributed by atoms with Crippen molar-refractivity contribution in [2.75, 3.05) is 5.73 Å². The van der Waals surface area contributed by atoms with Crippen LogP contribution in [0.4, 0.5) is 5.69 Å². The van der Waals surface area contributed by atoms with Gasteiger partial charge in [0.05, 0.1) is 15.6 Å². The van der Waals surface area contributed by atoms with Gasteiger partial charge in [-0.2, -0.15) is 0 Å². The number of nitrogen functional groups attached to an aromatic ring is 1.